The Morgan fingerprint density at radius 1 is 1.54 bits per heavy atom. The maximum Gasteiger partial charge on any atom is 0.0312 e. The van der Waals surface area contributed by atoms with Crippen molar-refractivity contribution in [1.29, 1.82) is 0 Å². The standard InChI is InChI=1S/C11H18N2/c1-3-10(2)7-13-9-11-5-4-6-12-8-11/h4-6,8,10,13H,3,7,9H2,1-2H3/t10-/m0/s1. The Morgan fingerprint density at radius 3 is 3.00 bits per heavy atom. The number of nitrogens with zero attached hydrogens (tertiary/aromatic N) is 1. The quantitative estimate of drug-likeness (QED) is 0.747. The second-order valence-corrected chi connectivity index (χ2v) is 3.51. The van der Waals surface area contributed by atoms with Gasteiger partial charge >= 0.3 is 0 Å². The normalized spacial score (nSPS) is 12.8. The number of hydrogen-bond donors (Lipinski definition) is 1. The molecule has 13 heavy (non-hydrogen) atoms. The van der Waals surface area contributed by atoms with Crippen LogP contribution >= 0.6 is 0 Å². The van der Waals surface area contributed by atoms with Gasteiger partial charge < -0.3 is 5.32 Å². The summed E-state index contributed by atoms with van der Waals surface area (Å²) in [6.45, 7) is 6.50. The van der Waals surface area contributed by atoms with E-state index in [9.17, 15) is 0 Å². The van der Waals surface area contributed by atoms with Crippen LogP contribution < -0.4 is 5.32 Å². The van der Waals surface area contributed by atoms with E-state index in [0.29, 0.717) is 0 Å². The summed E-state index contributed by atoms with van der Waals surface area (Å²) in [6, 6.07) is 4.07. The molecular weight excluding hydrogens is 160 g/mol. The molecule has 0 aliphatic heterocycles. The first-order chi connectivity index (χ1) is 6.33. The fraction of sp³-hybridized carbons (Fsp3) is 0.545. The van der Waals surface area contributed by atoms with Crippen LogP contribution in [0.3, 0.4) is 0 Å². The van der Waals surface area contributed by atoms with Gasteiger partial charge in [0, 0.05) is 18.9 Å². The van der Waals surface area contributed by atoms with E-state index in [4.69, 9.17) is 0 Å². The first-order valence-corrected chi connectivity index (χ1v) is 4.92. The highest BCUT2D eigenvalue weighted by molar-refractivity contribution is 5.07. The van der Waals surface area contributed by atoms with Gasteiger partial charge in [-0.05, 0) is 24.1 Å². The maximum absolute atomic E-state index is 4.06. The van der Waals surface area contributed by atoms with Crippen molar-refractivity contribution in [3.8, 4) is 0 Å². The van der Waals surface area contributed by atoms with Gasteiger partial charge in [-0.2, -0.15) is 0 Å². The van der Waals surface area contributed by atoms with Crippen LogP contribution in [0, 0.1) is 5.92 Å². The summed E-state index contributed by atoms with van der Waals surface area (Å²) in [5, 5.41) is 3.41. The van der Waals surface area contributed by atoms with Gasteiger partial charge in [-0.15, -0.1) is 0 Å². The van der Waals surface area contributed by atoms with E-state index in [1.807, 2.05) is 12.3 Å². The Kier molecular flexibility index (Phi) is 4.47. The molecule has 0 saturated heterocycles. The Labute approximate surface area is 80.4 Å². The van der Waals surface area contributed by atoms with Crippen LogP contribution in [0.4, 0.5) is 0 Å². The molecule has 0 spiro atoms. The smallest absolute Gasteiger partial charge is 0.0312 e. The zero-order chi connectivity index (χ0) is 9.52. The molecule has 0 aromatic carbocycles. The van der Waals surface area contributed by atoms with Gasteiger partial charge in [0.2, 0.25) is 0 Å². The van der Waals surface area contributed by atoms with Gasteiger partial charge in [0.15, 0.2) is 0 Å². The third-order valence-electron chi connectivity index (χ3n) is 2.24. The van der Waals surface area contributed by atoms with Crippen LogP contribution in [0.15, 0.2) is 24.5 Å². The van der Waals surface area contributed by atoms with E-state index >= 15 is 0 Å². The van der Waals surface area contributed by atoms with Crippen molar-refractivity contribution in [2.45, 2.75) is 26.8 Å². The largest absolute Gasteiger partial charge is 0.312 e. The molecule has 1 heterocycles. The average Bonchev–Trinajstić information content (AvgIpc) is 2.19. The van der Waals surface area contributed by atoms with E-state index in [2.05, 4.69) is 30.2 Å². The molecule has 0 amide bonds. The van der Waals surface area contributed by atoms with Crippen molar-refractivity contribution in [2.24, 2.45) is 5.92 Å². The van der Waals surface area contributed by atoms with Crippen LogP contribution in [-0.2, 0) is 6.54 Å². The third-order valence-corrected chi connectivity index (χ3v) is 2.24. The Bertz CT molecular complexity index is 221. The van der Waals surface area contributed by atoms with Crippen LogP contribution in [0.1, 0.15) is 25.8 Å². The fourth-order valence-corrected chi connectivity index (χ4v) is 1.11. The second kappa shape index (κ2) is 5.70. The molecule has 1 aromatic heterocycles. The monoisotopic (exact) mass is 178 g/mol. The predicted octanol–water partition coefficient (Wildman–Crippen LogP) is 2.22. The van der Waals surface area contributed by atoms with Gasteiger partial charge in [0.25, 0.3) is 0 Å². The molecule has 2 heteroatoms. The lowest BCUT2D eigenvalue weighted by atomic mass is 10.1. The summed E-state index contributed by atoms with van der Waals surface area (Å²) >= 11 is 0. The molecule has 1 atom stereocenters. The lowest BCUT2D eigenvalue weighted by Crippen LogP contribution is -2.20. The number of aromatic nitrogens is 1. The predicted molar refractivity (Wildman–Crippen MR) is 55.4 cm³/mol. The Hall–Kier alpha value is -0.890. The van der Waals surface area contributed by atoms with Crippen molar-refractivity contribution in [3.63, 3.8) is 0 Å². The number of hydrogen-bond acceptors (Lipinski definition) is 2. The van der Waals surface area contributed by atoms with Crippen LogP contribution in [0.25, 0.3) is 0 Å². The molecule has 0 fully saturated rings. The van der Waals surface area contributed by atoms with Gasteiger partial charge in [-0.25, -0.2) is 0 Å². The summed E-state index contributed by atoms with van der Waals surface area (Å²) in [6.07, 6.45) is 4.95. The van der Waals surface area contributed by atoms with Crippen molar-refractivity contribution in [2.75, 3.05) is 6.54 Å². The van der Waals surface area contributed by atoms with Crippen molar-refractivity contribution in [1.82, 2.24) is 10.3 Å². The number of rotatable bonds is 5. The summed E-state index contributed by atoms with van der Waals surface area (Å²) in [5.74, 6) is 0.761. The molecular formula is C11H18N2. The van der Waals surface area contributed by atoms with Crippen molar-refractivity contribution < 1.29 is 0 Å². The molecule has 0 unspecified atom stereocenters. The Balaban J connectivity index is 2.20. The highest BCUT2D eigenvalue weighted by atomic mass is 14.9. The van der Waals surface area contributed by atoms with Crippen molar-refractivity contribution in [3.05, 3.63) is 30.1 Å². The van der Waals surface area contributed by atoms with E-state index in [1.54, 1.807) is 6.20 Å². The lowest BCUT2D eigenvalue weighted by molar-refractivity contribution is 0.499. The highest BCUT2D eigenvalue weighted by Crippen LogP contribution is 1.99. The molecule has 2 nitrogen and oxygen atoms in total. The minimum Gasteiger partial charge on any atom is -0.312 e. The van der Waals surface area contributed by atoms with Gasteiger partial charge in [-0.1, -0.05) is 26.3 Å². The molecule has 0 aliphatic rings. The molecule has 0 bridgehead atoms. The molecule has 1 N–H and O–H groups in total. The van der Waals surface area contributed by atoms with Gasteiger partial charge in [0.1, 0.15) is 0 Å². The molecule has 1 aromatic rings. The Morgan fingerprint density at radius 2 is 2.38 bits per heavy atom. The van der Waals surface area contributed by atoms with Crippen LogP contribution in [0.5, 0.6) is 0 Å². The molecule has 0 radical (unpaired) electrons. The summed E-state index contributed by atoms with van der Waals surface area (Å²) in [5.41, 5.74) is 1.26. The SMILES string of the molecule is CC[C@H](C)CNCc1cccnc1. The minimum absolute atomic E-state index is 0.761. The summed E-state index contributed by atoms with van der Waals surface area (Å²) in [7, 11) is 0. The first-order valence-electron chi connectivity index (χ1n) is 4.92. The van der Waals surface area contributed by atoms with Crippen LogP contribution in [0.2, 0.25) is 0 Å². The van der Waals surface area contributed by atoms with Crippen molar-refractivity contribution >= 4 is 0 Å². The maximum atomic E-state index is 4.06. The molecule has 0 aliphatic carbocycles. The third kappa shape index (κ3) is 4.04. The van der Waals surface area contributed by atoms with E-state index in [1.165, 1.54) is 12.0 Å². The molecule has 1 rings (SSSR count). The lowest BCUT2D eigenvalue weighted by Gasteiger charge is -2.09. The zero-order valence-corrected chi connectivity index (χ0v) is 8.46. The fourth-order valence-electron chi connectivity index (χ4n) is 1.11. The first kappa shape index (κ1) is 10.2. The van der Waals surface area contributed by atoms with Gasteiger partial charge in [-0.3, -0.25) is 4.98 Å². The minimum atomic E-state index is 0.761. The zero-order valence-electron chi connectivity index (χ0n) is 8.46. The number of nitrogens with one attached hydrogen (secondary N) is 1. The average molecular weight is 178 g/mol. The topological polar surface area (TPSA) is 24.9 Å². The van der Waals surface area contributed by atoms with E-state index in [0.717, 1.165) is 19.0 Å². The van der Waals surface area contributed by atoms with E-state index in [-0.39, 0.29) is 0 Å². The van der Waals surface area contributed by atoms with Gasteiger partial charge in [0.05, 0.1) is 0 Å². The molecule has 72 valence electrons. The molecule has 0 saturated carbocycles. The summed E-state index contributed by atoms with van der Waals surface area (Å²) < 4.78 is 0. The van der Waals surface area contributed by atoms with Crippen LogP contribution in [-0.4, -0.2) is 11.5 Å². The number of pyridine rings is 1. The second-order valence-electron chi connectivity index (χ2n) is 3.51. The highest BCUT2D eigenvalue weighted by Gasteiger charge is 1.97. The van der Waals surface area contributed by atoms with E-state index < -0.39 is 0 Å². The summed E-state index contributed by atoms with van der Waals surface area (Å²) in [4.78, 5) is 4.06.